The Morgan fingerprint density at radius 2 is 1.62 bits per heavy atom. The number of benzene rings is 1. The van der Waals surface area contributed by atoms with Gasteiger partial charge >= 0.3 is 0 Å². The Hall–Kier alpha value is -1.02. The molecule has 1 fully saturated rings. The highest BCUT2D eigenvalue weighted by Gasteiger charge is 2.55. The van der Waals surface area contributed by atoms with Crippen molar-refractivity contribution in [2.24, 2.45) is 0 Å². The average Bonchev–Trinajstić information content (AvgIpc) is 3.05. The van der Waals surface area contributed by atoms with Gasteiger partial charge in [0.1, 0.15) is 0 Å². The van der Waals surface area contributed by atoms with Crippen molar-refractivity contribution in [1.29, 1.82) is 0 Å². The summed E-state index contributed by atoms with van der Waals surface area (Å²) in [5.41, 5.74) is 6.02. The quantitative estimate of drug-likeness (QED) is 0.635. The van der Waals surface area contributed by atoms with Crippen LogP contribution in [0.25, 0.3) is 6.08 Å². The molecule has 3 rings (SSSR count). The van der Waals surface area contributed by atoms with E-state index in [0.29, 0.717) is 0 Å². The first kappa shape index (κ1) is 14.9. The molecule has 2 aliphatic rings. The molecule has 0 unspecified atom stereocenters. The average molecular weight is 301 g/mol. The molecular weight excluding hydrogens is 272 g/mol. The zero-order valence-corrected chi connectivity index (χ0v) is 15.6. The lowest BCUT2D eigenvalue weighted by Crippen LogP contribution is -2.41. The largest absolute Gasteiger partial charge is 0.546 e. The van der Waals surface area contributed by atoms with Gasteiger partial charge in [-0.2, -0.15) is 0 Å². The van der Waals surface area contributed by atoms with Crippen LogP contribution in [-0.2, 0) is 9.84 Å². The lowest BCUT2D eigenvalue weighted by molar-refractivity contribution is 0.351. The number of fused-ring (bicyclic) bond motifs is 2. The van der Waals surface area contributed by atoms with Gasteiger partial charge in [-0.1, -0.05) is 32.9 Å². The van der Waals surface area contributed by atoms with Crippen LogP contribution < -0.4 is 0 Å². The molecular formula is C19H28OSi. The summed E-state index contributed by atoms with van der Waals surface area (Å²) in [6.07, 6.45) is 4.86. The van der Waals surface area contributed by atoms with Crippen LogP contribution in [0, 0.1) is 13.8 Å². The van der Waals surface area contributed by atoms with Gasteiger partial charge in [0.25, 0.3) is 0 Å². The molecule has 0 aliphatic heterocycles. The second-order valence-electron chi connectivity index (χ2n) is 8.44. The fourth-order valence-corrected chi connectivity index (χ4v) is 4.33. The zero-order chi connectivity index (χ0) is 15.6. The van der Waals surface area contributed by atoms with Gasteiger partial charge in [-0.05, 0) is 73.2 Å². The molecule has 21 heavy (non-hydrogen) atoms. The predicted octanol–water partition coefficient (Wildman–Crippen LogP) is 5.71. The molecule has 1 saturated carbocycles. The molecule has 0 aromatic heterocycles. The summed E-state index contributed by atoms with van der Waals surface area (Å²) in [6, 6.07) is 4.52. The summed E-state index contributed by atoms with van der Waals surface area (Å²) in [4.78, 5) is 0. The highest BCUT2D eigenvalue weighted by Crippen LogP contribution is 2.61. The van der Waals surface area contributed by atoms with Crippen LogP contribution >= 0.6 is 0 Å². The monoisotopic (exact) mass is 300 g/mol. The normalized spacial score (nSPS) is 19.5. The summed E-state index contributed by atoms with van der Waals surface area (Å²) in [6.45, 7) is 16.1. The van der Waals surface area contributed by atoms with Crippen LogP contribution in [0.5, 0.6) is 0 Å². The van der Waals surface area contributed by atoms with Crippen LogP contribution in [0.15, 0.2) is 17.9 Å². The summed E-state index contributed by atoms with van der Waals surface area (Å²) in [7, 11) is -1.76. The maximum Gasteiger partial charge on any atom is 0.250 e. The van der Waals surface area contributed by atoms with Gasteiger partial charge in [-0.3, -0.25) is 0 Å². The number of hydrogen-bond donors (Lipinski definition) is 0. The molecule has 2 aliphatic carbocycles. The van der Waals surface area contributed by atoms with Gasteiger partial charge in [-0.25, -0.2) is 0 Å². The smallest absolute Gasteiger partial charge is 0.250 e. The third-order valence-corrected chi connectivity index (χ3v) is 10.2. The number of allylic oxidation sites excluding steroid dienone is 1. The van der Waals surface area contributed by atoms with Gasteiger partial charge in [0, 0.05) is 0 Å². The highest BCUT2D eigenvalue weighted by atomic mass is 28.4. The summed E-state index contributed by atoms with van der Waals surface area (Å²) < 4.78 is 6.73. The molecule has 0 N–H and O–H groups in total. The van der Waals surface area contributed by atoms with Gasteiger partial charge < -0.3 is 4.43 Å². The van der Waals surface area contributed by atoms with Crippen molar-refractivity contribution in [3.8, 4) is 0 Å². The molecule has 2 heteroatoms. The first-order valence-corrected chi connectivity index (χ1v) is 11.0. The van der Waals surface area contributed by atoms with Crippen LogP contribution in [-0.4, -0.2) is 8.32 Å². The first-order chi connectivity index (χ1) is 9.58. The Kier molecular flexibility index (Phi) is 3.02. The van der Waals surface area contributed by atoms with Gasteiger partial charge in [0.15, 0.2) is 0 Å². The van der Waals surface area contributed by atoms with E-state index in [9.17, 15) is 0 Å². The molecule has 0 amide bonds. The van der Waals surface area contributed by atoms with E-state index in [1.54, 1.807) is 5.56 Å². The van der Waals surface area contributed by atoms with Crippen molar-refractivity contribution in [3.63, 3.8) is 0 Å². The van der Waals surface area contributed by atoms with Crippen LogP contribution in [0.3, 0.4) is 0 Å². The van der Waals surface area contributed by atoms with Gasteiger partial charge in [0.2, 0.25) is 8.32 Å². The minimum atomic E-state index is -1.76. The molecule has 1 nitrogen and oxygen atoms in total. The van der Waals surface area contributed by atoms with Gasteiger partial charge in [-0.15, -0.1) is 0 Å². The Balaban J connectivity index is 2.03. The molecule has 0 saturated heterocycles. The van der Waals surface area contributed by atoms with E-state index in [1.807, 2.05) is 0 Å². The summed E-state index contributed by atoms with van der Waals surface area (Å²) in [5, 5.41) is 0.253. The van der Waals surface area contributed by atoms with E-state index in [1.165, 1.54) is 35.3 Å². The van der Waals surface area contributed by atoms with E-state index < -0.39 is 8.32 Å². The van der Waals surface area contributed by atoms with Crippen molar-refractivity contribution in [3.05, 3.63) is 40.1 Å². The minimum Gasteiger partial charge on any atom is -0.546 e. The second kappa shape index (κ2) is 4.25. The van der Waals surface area contributed by atoms with Crippen LogP contribution in [0.1, 0.15) is 55.9 Å². The lowest BCUT2D eigenvalue weighted by atomic mass is 9.90. The van der Waals surface area contributed by atoms with Crippen molar-refractivity contribution in [2.45, 2.75) is 71.0 Å². The van der Waals surface area contributed by atoms with E-state index in [2.05, 4.69) is 65.9 Å². The van der Waals surface area contributed by atoms with E-state index in [4.69, 9.17) is 4.43 Å². The number of rotatable bonds is 2. The maximum atomic E-state index is 6.73. The van der Waals surface area contributed by atoms with Crippen molar-refractivity contribution in [2.75, 3.05) is 0 Å². The van der Waals surface area contributed by atoms with Crippen molar-refractivity contribution >= 4 is 14.4 Å². The molecule has 0 bridgehead atoms. The van der Waals surface area contributed by atoms with E-state index >= 15 is 0 Å². The molecule has 1 spiro atoms. The summed E-state index contributed by atoms with van der Waals surface area (Å²) in [5.74, 6) is 1.27. The first-order valence-electron chi connectivity index (χ1n) is 8.10. The minimum absolute atomic E-state index is 0.223. The van der Waals surface area contributed by atoms with Gasteiger partial charge in [0.05, 0.1) is 11.2 Å². The molecule has 0 radical (unpaired) electrons. The van der Waals surface area contributed by atoms with E-state index in [0.717, 1.165) is 0 Å². The third-order valence-electron chi connectivity index (χ3n) is 5.82. The molecule has 1 aromatic carbocycles. The number of aryl methyl sites for hydroxylation is 2. The fraction of sp³-hybridized carbons (Fsp3) is 0.579. The fourth-order valence-electron chi connectivity index (χ4n) is 3.22. The zero-order valence-electron chi connectivity index (χ0n) is 14.6. The SMILES string of the molecule is Cc1ccc(C)c2c1C=C(O[Si](C)(C)C(C)(C)C)C21CC1. The Morgan fingerprint density at radius 3 is 2.14 bits per heavy atom. The topological polar surface area (TPSA) is 9.23 Å². The molecule has 0 heterocycles. The Labute approximate surface area is 130 Å². The Morgan fingerprint density at radius 1 is 1.05 bits per heavy atom. The van der Waals surface area contributed by atoms with Crippen molar-refractivity contribution in [1.82, 2.24) is 0 Å². The van der Waals surface area contributed by atoms with Crippen LogP contribution in [0.4, 0.5) is 0 Å². The lowest BCUT2D eigenvalue weighted by Gasteiger charge is -2.38. The third kappa shape index (κ3) is 2.10. The Bertz CT molecular complexity index is 628. The molecule has 114 valence electrons. The molecule has 0 atom stereocenters. The van der Waals surface area contributed by atoms with Crippen LogP contribution in [0.2, 0.25) is 18.1 Å². The molecule has 1 aromatic rings. The predicted molar refractivity (Wildman–Crippen MR) is 93.1 cm³/mol. The van der Waals surface area contributed by atoms with Crippen molar-refractivity contribution < 1.29 is 4.43 Å². The standard InChI is InChI=1S/C19H28OSi/c1-13-8-9-14(2)17-15(13)12-16(19(17)10-11-19)20-21(6,7)18(3,4)5/h8-9,12H,10-11H2,1-7H3. The van der Waals surface area contributed by atoms with E-state index in [-0.39, 0.29) is 10.5 Å². The summed E-state index contributed by atoms with van der Waals surface area (Å²) >= 11 is 0. The maximum absolute atomic E-state index is 6.73. The number of hydrogen-bond acceptors (Lipinski definition) is 1. The highest BCUT2D eigenvalue weighted by molar-refractivity contribution is 6.74. The second-order valence-corrected chi connectivity index (χ2v) is 13.2.